The van der Waals surface area contributed by atoms with Gasteiger partial charge in [-0.15, -0.1) is 0 Å². The Kier molecular flexibility index (Phi) is 10.5. The maximum absolute atomic E-state index is 9.60. The standard InChI is InChI=1S/2C7H8O.C4H6O2/c2*1-8-7-5-3-2-4-6-7;1-3(2)4(5)6/h2*2-6H,1H3;1H2,2H3,(H,5,6). The van der Waals surface area contributed by atoms with Crippen molar-refractivity contribution in [1.29, 1.82) is 0 Å². The molecule has 0 heterocycles. The maximum Gasteiger partial charge on any atom is 0.330 e. The van der Waals surface area contributed by atoms with E-state index in [0.29, 0.717) is 0 Å². The molecular formula is C18H22O4. The monoisotopic (exact) mass is 302 g/mol. The molecule has 0 fully saturated rings. The highest BCUT2D eigenvalue weighted by atomic mass is 16.5. The Balaban J connectivity index is 0.000000306. The Labute approximate surface area is 131 Å². The Hall–Kier alpha value is -2.75. The second-order valence-corrected chi connectivity index (χ2v) is 4.12. The number of methoxy groups -OCH3 is 2. The highest BCUT2D eigenvalue weighted by molar-refractivity contribution is 5.84. The molecule has 118 valence electrons. The number of para-hydroxylation sites is 2. The van der Waals surface area contributed by atoms with Gasteiger partial charge in [-0.1, -0.05) is 43.0 Å². The average molecular weight is 302 g/mol. The molecule has 0 bridgehead atoms. The zero-order valence-corrected chi connectivity index (χ0v) is 13.2. The molecule has 4 heteroatoms. The van der Waals surface area contributed by atoms with Crippen molar-refractivity contribution in [3.8, 4) is 11.5 Å². The molecule has 0 unspecified atom stereocenters. The molecule has 0 aliphatic carbocycles. The number of carboxylic acids is 1. The third kappa shape index (κ3) is 10.1. The van der Waals surface area contributed by atoms with Crippen LogP contribution in [0.3, 0.4) is 0 Å². The summed E-state index contributed by atoms with van der Waals surface area (Å²) in [6.45, 7) is 4.60. The predicted octanol–water partition coefficient (Wildman–Crippen LogP) is 4.04. The molecule has 1 N–H and O–H groups in total. The second kappa shape index (κ2) is 12.0. The van der Waals surface area contributed by atoms with Crippen molar-refractivity contribution in [2.45, 2.75) is 6.92 Å². The van der Waals surface area contributed by atoms with E-state index in [1.54, 1.807) is 14.2 Å². The summed E-state index contributed by atoms with van der Waals surface area (Å²) in [7, 11) is 3.32. The van der Waals surface area contributed by atoms with Crippen LogP contribution in [-0.4, -0.2) is 25.3 Å². The van der Waals surface area contributed by atoms with Crippen LogP contribution in [-0.2, 0) is 4.79 Å². The summed E-state index contributed by atoms with van der Waals surface area (Å²) in [6.07, 6.45) is 0. The summed E-state index contributed by atoms with van der Waals surface area (Å²) in [6, 6.07) is 19.4. The Morgan fingerprint density at radius 2 is 1.14 bits per heavy atom. The quantitative estimate of drug-likeness (QED) is 0.869. The number of hydrogen-bond acceptors (Lipinski definition) is 3. The van der Waals surface area contributed by atoms with Crippen LogP contribution in [0.15, 0.2) is 72.8 Å². The molecule has 0 aliphatic rings. The van der Waals surface area contributed by atoms with Crippen LogP contribution < -0.4 is 9.47 Å². The van der Waals surface area contributed by atoms with Crippen molar-refractivity contribution in [3.05, 3.63) is 72.8 Å². The van der Waals surface area contributed by atoms with Crippen LogP contribution in [0.5, 0.6) is 11.5 Å². The maximum atomic E-state index is 9.60. The van der Waals surface area contributed by atoms with Crippen molar-refractivity contribution in [2.24, 2.45) is 0 Å². The molecule has 4 nitrogen and oxygen atoms in total. The molecule has 0 amide bonds. The fourth-order valence-corrected chi connectivity index (χ4v) is 1.11. The minimum absolute atomic E-state index is 0.176. The van der Waals surface area contributed by atoms with E-state index in [9.17, 15) is 4.79 Å². The molecule has 2 aromatic rings. The molecule has 2 rings (SSSR count). The van der Waals surface area contributed by atoms with Crippen molar-refractivity contribution in [2.75, 3.05) is 14.2 Å². The summed E-state index contributed by atoms with van der Waals surface area (Å²) in [5, 5.41) is 7.89. The van der Waals surface area contributed by atoms with Gasteiger partial charge in [0, 0.05) is 5.57 Å². The SMILES string of the molecule is C=C(C)C(=O)O.COc1ccccc1.COc1ccccc1. The van der Waals surface area contributed by atoms with E-state index in [1.165, 1.54) is 6.92 Å². The Bertz CT molecular complexity index is 484. The van der Waals surface area contributed by atoms with E-state index in [4.69, 9.17) is 14.6 Å². The van der Waals surface area contributed by atoms with Gasteiger partial charge < -0.3 is 14.6 Å². The highest BCUT2D eigenvalue weighted by Crippen LogP contribution is 2.06. The first-order valence-electron chi connectivity index (χ1n) is 6.58. The largest absolute Gasteiger partial charge is 0.497 e. The summed E-state index contributed by atoms with van der Waals surface area (Å²) in [5.41, 5.74) is 0.176. The molecule has 0 radical (unpaired) electrons. The fourth-order valence-electron chi connectivity index (χ4n) is 1.11. The number of carboxylic acid groups (broad SMARTS) is 1. The number of hydrogen-bond donors (Lipinski definition) is 1. The van der Waals surface area contributed by atoms with E-state index in [2.05, 4.69) is 6.58 Å². The lowest BCUT2D eigenvalue weighted by atomic mass is 10.3. The van der Waals surface area contributed by atoms with Crippen molar-refractivity contribution < 1.29 is 19.4 Å². The lowest BCUT2D eigenvalue weighted by Gasteiger charge is -1.93. The number of benzene rings is 2. The molecule has 0 aliphatic heterocycles. The van der Waals surface area contributed by atoms with Crippen LogP contribution in [0.2, 0.25) is 0 Å². The second-order valence-electron chi connectivity index (χ2n) is 4.12. The summed E-state index contributed by atoms with van der Waals surface area (Å²) >= 11 is 0. The zero-order chi connectivity index (χ0) is 16.8. The third-order valence-electron chi connectivity index (χ3n) is 2.32. The highest BCUT2D eigenvalue weighted by Gasteiger charge is 1.90. The zero-order valence-electron chi connectivity index (χ0n) is 13.2. The average Bonchev–Trinajstić information content (AvgIpc) is 2.57. The number of carbonyl (C=O) groups is 1. The van der Waals surface area contributed by atoms with Gasteiger partial charge in [-0.3, -0.25) is 0 Å². The van der Waals surface area contributed by atoms with E-state index < -0.39 is 5.97 Å². The summed E-state index contributed by atoms with van der Waals surface area (Å²) < 4.78 is 9.83. The molecule has 0 saturated carbocycles. The molecule has 22 heavy (non-hydrogen) atoms. The van der Waals surface area contributed by atoms with Crippen molar-refractivity contribution in [1.82, 2.24) is 0 Å². The van der Waals surface area contributed by atoms with Gasteiger partial charge in [-0.25, -0.2) is 4.79 Å². The minimum atomic E-state index is -0.935. The van der Waals surface area contributed by atoms with E-state index in [-0.39, 0.29) is 5.57 Å². The predicted molar refractivity (Wildman–Crippen MR) is 88.4 cm³/mol. The van der Waals surface area contributed by atoms with Gasteiger partial charge in [-0.05, 0) is 31.2 Å². The first kappa shape index (κ1) is 19.2. The van der Waals surface area contributed by atoms with Crippen molar-refractivity contribution in [3.63, 3.8) is 0 Å². The topological polar surface area (TPSA) is 55.8 Å². The van der Waals surface area contributed by atoms with E-state index in [1.807, 2.05) is 60.7 Å². The van der Waals surface area contributed by atoms with Crippen molar-refractivity contribution >= 4 is 5.97 Å². The van der Waals surface area contributed by atoms with Crippen LogP contribution in [0, 0.1) is 0 Å². The lowest BCUT2D eigenvalue weighted by molar-refractivity contribution is -0.132. The molecule has 2 aromatic carbocycles. The molecule has 0 spiro atoms. The molecule has 0 saturated heterocycles. The normalized spacial score (nSPS) is 8.32. The summed E-state index contributed by atoms with van der Waals surface area (Å²) in [5.74, 6) is 0.884. The van der Waals surface area contributed by atoms with Crippen LogP contribution in [0.25, 0.3) is 0 Å². The number of ether oxygens (including phenoxy) is 2. The van der Waals surface area contributed by atoms with Crippen LogP contribution in [0.4, 0.5) is 0 Å². The summed E-state index contributed by atoms with van der Waals surface area (Å²) in [4.78, 5) is 9.60. The third-order valence-corrected chi connectivity index (χ3v) is 2.32. The van der Waals surface area contributed by atoms with E-state index >= 15 is 0 Å². The Morgan fingerprint density at radius 1 is 0.864 bits per heavy atom. The molecule has 0 aromatic heterocycles. The number of aliphatic carboxylic acids is 1. The van der Waals surface area contributed by atoms with Gasteiger partial charge in [0.25, 0.3) is 0 Å². The van der Waals surface area contributed by atoms with Gasteiger partial charge in [0.2, 0.25) is 0 Å². The van der Waals surface area contributed by atoms with Gasteiger partial charge in [0.15, 0.2) is 0 Å². The lowest BCUT2D eigenvalue weighted by Crippen LogP contribution is -1.92. The van der Waals surface area contributed by atoms with E-state index in [0.717, 1.165) is 11.5 Å². The smallest absolute Gasteiger partial charge is 0.330 e. The van der Waals surface area contributed by atoms with Crippen LogP contribution in [0.1, 0.15) is 6.92 Å². The first-order chi connectivity index (χ1) is 10.5. The molecular weight excluding hydrogens is 280 g/mol. The first-order valence-corrected chi connectivity index (χ1v) is 6.58. The van der Waals surface area contributed by atoms with Gasteiger partial charge >= 0.3 is 5.97 Å². The van der Waals surface area contributed by atoms with Crippen LogP contribution >= 0.6 is 0 Å². The fraction of sp³-hybridized carbons (Fsp3) is 0.167. The Morgan fingerprint density at radius 3 is 1.27 bits per heavy atom. The minimum Gasteiger partial charge on any atom is -0.497 e. The van der Waals surface area contributed by atoms with Gasteiger partial charge in [0.05, 0.1) is 14.2 Å². The number of rotatable bonds is 3. The van der Waals surface area contributed by atoms with Gasteiger partial charge in [-0.2, -0.15) is 0 Å². The molecule has 0 atom stereocenters. The van der Waals surface area contributed by atoms with Gasteiger partial charge in [0.1, 0.15) is 11.5 Å².